The van der Waals surface area contributed by atoms with E-state index in [-0.39, 0.29) is 12.1 Å². The van der Waals surface area contributed by atoms with Crippen molar-refractivity contribution in [3.63, 3.8) is 0 Å². The van der Waals surface area contributed by atoms with Gasteiger partial charge in [-0.05, 0) is 29.8 Å². The number of carbonyl (C=O) groups excluding carboxylic acids is 1. The van der Waals surface area contributed by atoms with Crippen LogP contribution < -0.4 is 11.0 Å². The molecule has 1 amide bonds. The second kappa shape index (κ2) is 5.98. The lowest BCUT2D eigenvalue weighted by Gasteiger charge is -2.07. The Morgan fingerprint density at radius 3 is 2.65 bits per heavy atom. The van der Waals surface area contributed by atoms with Gasteiger partial charge in [-0.3, -0.25) is 19.4 Å². The quantitative estimate of drug-likeness (QED) is 0.569. The first-order valence-corrected chi connectivity index (χ1v) is 6.76. The van der Waals surface area contributed by atoms with Crippen LogP contribution in [0.4, 0.5) is 4.39 Å². The lowest BCUT2D eigenvalue weighted by atomic mass is 10.1. The molecule has 116 valence electrons. The Morgan fingerprint density at radius 2 is 1.96 bits per heavy atom. The number of benzene rings is 2. The van der Waals surface area contributed by atoms with Crippen LogP contribution in [0.5, 0.6) is 0 Å². The van der Waals surface area contributed by atoms with Gasteiger partial charge in [0.25, 0.3) is 11.5 Å². The number of hydrogen-bond donors (Lipinski definition) is 2. The van der Waals surface area contributed by atoms with Crippen molar-refractivity contribution in [3.05, 3.63) is 76.1 Å². The van der Waals surface area contributed by atoms with Crippen molar-refractivity contribution in [1.82, 2.24) is 15.0 Å². The number of nitrogens with zero attached hydrogens (tertiary/aromatic N) is 2. The SMILES string of the molecule is O=C(NO)c1ccc(Cn2cnc3cc(F)ccc3c2=O)cc1. The van der Waals surface area contributed by atoms with Crippen LogP contribution in [0, 0.1) is 5.82 Å². The number of halogens is 1. The van der Waals surface area contributed by atoms with Crippen molar-refractivity contribution in [3.8, 4) is 0 Å². The van der Waals surface area contributed by atoms with E-state index in [0.29, 0.717) is 16.5 Å². The zero-order valence-corrected chi connectivity index (χ0v) is 11.9. The van der Waals surface area contributed by atoms with Crippen LogP contribution in [-0.4, -0.2) is 20.7 Å². The van der Waals surface area contributed by atoms with E-state index in [2.05, 4.69) is 4.98 Å². The van der Waals surface area contributed by atoms with E-state index in [1.165, 1.54) is 41.2 Å². The van der Waals surface area contributed by atoms with Crippen LogP contribution in [0.15, 0.2) is 53.6 Å². The fourth-order valence-corrected chi connectivity index (χ4v) is 2.27. The molecule has 0 saturated carbocycles. The molecule has 0 radical (unpaired) electrons. The van der Waals surface area contributed by atoms with Gasteiger partial charge in [0.15, 0.2) is 0 Å². The van der Waals surface area contributed by atoms with E-state index < -0.39 is 11.7 Å². The van der Waals surface area contributed by atoms with Gasteiger partial charge in [-0.2, -0.15) is 0 Å². The maximum Gasteiger partial charge on any atom is 0.274 e. The number of hydrogen-bond acceptors (Lipinski definition) is 4. The summed E-state index contributed by atoms with van der Waals surface area (Å²) in [6.07, 6.45) is 1.36. The molecule has 2 N–H and O–H groups in total. The Labute approximate surface area is 129 Å². The zero-order chi connectivity index (χ0) is 16.4. The molecule has 0 aliphatic heterocycles. The summed E-state index contributed by atoms with van der Waals surface area (Å²) < 4.78 is 14.6. The van der Waals surface area contributed by atoms with Crippen LogP contribution in [0.1, 0.15) is 15.9 Å². The molecule has 0 saturated heterocycles. The minimum absolute atomic E-state index is 0.264. The van der Waals surface area contributed by atoms with E-state index >= 15 is 0 Å². The molecule has 3 rings (SSSR count). The third-order valence-electron chi connectivity index (χ3n) is 3.46. The van der Waals surface area contributed by atoms with Crippen LogP contribution in [0.25, 0.3) is 10.9 Å². The molecule has 0 aliphatic rings. The molecular weight excluding hydrogens is 301 g/mol. The summed E-state index contributed by atoms with van der Waals surface area (Å²) >= 11 is 0. The summed E-state index contributed by atoms with van der Waals surface area (Å²) in [7, 11) is 0. The number of nitrogens with one attached hydrogen (secondary N) is 1. The molecule has 6 nitrogen and oxygen atoms in total. The van der Waals surface area contributed by atoms with E-state index in [1.54, 1.807) is 17.6 Å². The molecule has 1 heterocycles. The predicted octanol–water partition coefficient (Wildman–Crippen LogP) is 1.70. The summed E-state index contributed by atoms with van der Waals surface area (Å²) in [5.41, 5.74) is 2.67. The Morgan fingerprint density at radius 1 is 1.22 bits per heavy atom. The molecule has 3 aromatic rings. The maximum atomic E-state index is 13.1. The van der Waals surface area contributed by atoms with E-state index in [0.717, 1.165) is 5.56 Å². The highest BCUT2D eigenvalue weighted by Gasteiger charge is 2.07. The van der Waals surface area contributed by atoms with Crippen molar-refractivity contribution in [2.24, 2.45) is 0 Å². The summed E-state index contributed by atoms with van der Waals surface area (Å²) in [6, 6.07) is 10.3. The Bertz CT molecular complexity index is 935. The van der Waals surface area contributed by atoms with Gasteiger partial charge >= 0.3 is 0 Å². The topological polar surface area (TPSA) is 84.2 Å². The third-order valence-corrected chi connectivity index (χ3v) is 3.46. The monoisotopic (exact) mass is 313 g/mol. The van der Waals surface area contributed by atoms with Crippen LogP contribution in [0.2, 0.25) is 0 Å². The van der Waals surface area contributed by atoms with Crippen molar-refractivity contribution in [2.75, 3.05) is 0 Å². The highest BCUT2D eigenvalue weighted by molar-refractivity contribution is 5.93. The lowest BCUT2D eigenvalue weighted by Crippen LogP contribution is -2.21. The van der Waals surface area contributed by atoms with Crippen LogP contribution >= 0.6 is 0 Å². The Kier molecular flexibility index (Phi) is 3.86. The fourth-order valence-electron chi connectivity index (χ4n) is 2.27. The largest absolute Gasteiger partial charge is 0.294 e. The number of rotatable bonds is 3. The van der Waals surface area contributed by atoms with Crippen molar-refractivity contribution in [1.29, 1.82) is 0 Å². The highest BCUT2D eigenvalue weighted by atomic mass is 19.1. The summed E-state index contributed by atoms with van der Waals surface area (Å²) in [6.45, 7) is 0.264. The van der Waals surface area contributed by atoms with Gasteiger partial charge in [-0.25, -0.2) is 14.9 Å². The van der Waals surface area contributed by atoms with Gasteiger partial charge in [0.05, 0.1) is 23.8 Å². The number of hydroxylamine groups is 1. The number of aromatic nitrogens is 2. The molecule has 0 bridgehead atoms. The first-order valence-electron chi connectivity index (χ1n) is 6.76. The molecule has 0 fully saturated rings. The third kappa shape index (κ3) is 2.95. The Balaban J connectivity index is 1.92. The normalized spacial score (nSPS) is 10.7. The first-order chi connectivity index (χ1) is 11.1. The van der Waals surface area contributed by atoms with Gasteiger partial charge in [-0.1, -0.05) is 12.1 Å². The molecule has 0 aliphatic carbocycles. The highest BCUT2D eigenvalue weighted by Crippen LogP contribution is 2.10. The maximum absolute atomic E-state index is 13.1. The average molecular weight is 313 g/mol. The predicted molar refractivity (Wildman–Crippen MR) is 80.8 cm³/mol. The standard InChI is InChI=1S/C16H12FN3O3/c17-12-5-6-13-14(7-12)18-9-20(16(13)22)8-10-1-3-11(4-2-10)15(21)19-23/h1-7,9,23H,8H2,(H,19,21). The van der Waals surface area contributed by atoms with Gasteiger partial charge in [-0.15, -0.1) is 0 Å². The van der Waals surface area contributed by atoms with Gasteiger partial charge < -0.3 is 0 Å². The fraction of sp³-hybridized carbons (Fsp3) is 0.0625. The van der Waals surface area contributed by atoms with Crippen molar-refractivity contribution in [2.45, 2.75) is 6.54 Å². The molecule has 23 heavy (non-hydrogen) atoms. The molecule has 0 spiro atoms. The van der Waals surface area contributed by atoms with E-state index in [9.17, 15) is 14.0 Å². The number of carbonyl (C=O) groups is 1. The molecule has 2 aromatic carbocycles. The molecule has 7 heteroatoms. The van der Waals surface area contributed by atoms with E-state index in [4.69, 9.17) is 5.21 Å². The van der Waals surface area contributed by atoms with Gasteiger partial charge in [0.1, 0.15) is 5.82 Å². The number of amides is 1. The molecule has 0 unspecified atom stereocenters. The lowest BCUT2D eigenvalue weighted by molar-refractivity contribution is 0.0706. The first kappa shape index (κ1) is 14.9. The van der Waals surface area contributed by atoms with Crippen LogP contribution in [-0.2, 0) is 6.54 Å². The van der Waals surface area contributed by atoms with Gasteiger partial charge in [0, 0.05) is 11.6 Å². The van der Waals surface area contributed by atoms with E-state index in [1.807, 2.05) is 0 Å². The summed E-state index contributed by atoms with van der Waals surface area (Å²) in [4.78, 5) is 27.7. The van der Waals surface area contributed by atoms with Crippen LogP contribution in [0.3, 0.4) is 0 Å². The second-order valence-corrected chi connectivity index (χ2v) is 4.98. The second-order valence-electron chi connectivity index (χ2n) is 4.98. The minimum Gasteiger partial charge on any atom is -0.294 e. The molecular formula is C16H12FN3O3. The zero-order valence-electron chi connectivity index (χ0n) is 11.9. The average Bonchev–Trinajstić information content (AvgIpc) is 2.57. The molecule has 1 aromatic heterocycles. The van der Waals surface area contributed by atoms with Gasteiger partial charge in [0.2, 0.25) is 0 Å². The summed E-state index contributed by atoms with van der Waals surface area (Å²) in [5, 5.41) is 8.91. The van der Waals surface area contributed by atoms with Crippen molar-refractivity contribution < 1.29 is 14.4 Å². The molecule has 0 atom stereocenters. The Hall–Kier alpha value is -3.06. The smallest absolute Gasteiger partial charge is 0.274 e. The minimum atomic E-state index is -0.608. The number of fused-ring (bicyclic) bond motifs is 1. The van der Waals surface area contributed by atoms with Crippen molar-refractivity contribution >= 4 is 16.8 Å². The summed E-state index contributed by atoms with van der Waals surface area (Å²) in [5.74, 6) is -1.05.